The summed E-state index contributed by atoms with van der Waals surface area (Å²) in [6.07, 6.45) is -0.187. The topological polar surface area (TPSA) is 60.7 Å². The molecule has 2 fully saturated rings. The minimum Gasteiger partial charge on any atom is -0.393 e. The maximum atomic E-state index is 9.24. The van der Waals surface area contributed by atoms with Crippen molar-refractivity contribution in [3.05, 3.63) is 0 Å². The quantitative estimate of drug-likeness (QED) is 0.413. The summed E-state index contributed by atoms with van der Waals surface area (Å²) >= 11 is 0. The number of rotatable bonds is 0. The minimum absolute atomic E-state index is 0.171. The van der Waals surface area contributed by atoms with Crippen molar-refractivity contribution in [2.75, 3.05) is 0 Å². The molecule has 0 aromatic heterocycles. The molecule has 0 aromatic carbocycles. The molecule has 58 valence electrons. The van der Waals surface area contributed by atoms with Crippen LogP contribution >= 0.6 is 0 Å². The zero-order valence-electron chi connectivity index (χ0n) is 5.64. The summed E-state index contributed by atoms with van der Waals surface area (Å²) in [5.41, 5.74) is 0. The Kier molecular flexibility index (Phi) is 1.27. The van der Waals surface area contributed by atoms with Crippen molar-refractivity contribution in [3.63, 3.8) is 0 Å². The Labute approximate surface area is 59.3 Å². The SMILES string of the molecule is OC1C[C@H]2[C@@H](O)C[C@H]2C1O. The second-order valence-electron chi connectivity index (χ2n) is 3.42. The van der Waals surface area contributed by atoms with Crippen LogP contribution in [0.5, 0.6) is 0 Å². The average molecular weight is 144 g/mol. The van der Waals surface area contributed by atoms with E-state index in [2.05, 4.69) is 0 Å². The molecule has 0 saturated heterocycles. The summed E-state index contributed by atoms with van der Waals surface area (Å²) in [7, 11) is 0. The molecule has 2 saturated carbocycles. The predicted octanol–water partition coefficient (Wildman–Crippen LogP) is -0.891. The van der Waals surface area contributed by atoms with Crippen LogP contribution in [0.1, 0.15) is 12.8 Å². The molecule has 0 spiro atoms. The van der Waals surface area contributed by atoms with Crippen molar-refractivity contribution in [2.45, 2.75) is 31.2 Å². The van der Waals surface area contributed by atoms with E-state index in [1.807, 2.05) is 0 Å². The van der Waals surface area contributed by atoms with Crippen LogP contribution in [0.3, 0.4) is 0 Å². The first-order valence-corrected chi connectivity index (χ1v) is 3.74. The van der Waals surface area contributed by atoms with Gasteiger partial charge < -0.3 is 15.3 Å². The molecule has 3 N–H and O–H groups in total. The molecule has 10 heavy (non-hydrogen) atoms. The maximum Gasteiger partial charge on any atom is 0.0831 e. The molecule has 2 rings (SSSR count). The largest absolute Gasteiger partial charge is 0.393 e. The summed E-state index contributed by atoms with van der Waals surface area (Å²) in [5.74, 6) is 0.343. The molecule has 2 aliphatic carbocycles. The molecule has 0 heterocycles. The third kappa shape index (κ3) is 0.654. The Morgan fingerprint density at radius 2 is 1.40 bits per heavy atom. The van der Waals surface area contributed by atoms with Crippen LogP contribution in [0.15, 0.2) is 0 Å². The molecular formula is C7H12O3. The molecule has 3 heteroatoms. The van der Waals surface area contributed by atoms with Gasteiger partial charge in [-0.1, -0.05) is 0 Å². The molecule has 0 aliphatic heterocycles. The average Bonchev–Trinajstić information content (AvgIpc) is 2.12. The first-order chi connectivity index (χ1) is 4.70. The third-order valence-corrected chi connectivity index (χ3v) is 2.90. The van der Waals surface area contributed by atoms with E-state index in [0.29, 0.717) is 12.8 Å². The van der Waals surface area contributed by atoms with Gasteiger partial charge in [0.2, 0.25) is 0 Å². The summed E-state index contributed by atoms with van der Waals surface area (Å²) in [4.78, 5) is 0. The maximum absolute atomic E-state index is 9.24. The highest BCUT2D eigenvalue weighted by atomic mass is 16.3. The fraction of sp³-hybridized carbons (Fsp3) is 1.00. The molecule has 0 aromatic rings. The highest BCUT2D eigenvalue weighted by Crippen LogP contribution is 2.46. The van der Waals surface area contributed by atoms with E-state index in [1.165, 1.54) is 0 Å². The third-order valence-electron chi connectivity index (χ3n) is 2.90. The molecule has 2 unspecified atom stereocenters. The van der Waals surface area contributed by atoms with Crippen LogP contribution < -0.4 is 0 Å². The van der Waals surface area contributed by atoms with E-state index >= 15 is 0 Å². The normalized spacial score (nSPS) is 59.7. The monoisotopic (exact) mass is 144 g/mol. The summed E-state index contributed by atoms with van der Waals surface area (Å²) in [6, 6.07) is 0. The van der Waals surface area contributed by atoms with Gasteiger partial charge in [0.05, 0.1) is 18.3 Å². The molecule has 0 amide bonds. The number of aliphatic hydroxyl groups excluding tert-OH is 3. The van der Waals surface area contributed by atoms with Crippen LogP contribution in [0.25, 0.3) is 0 Å². The number of aliphatic hydroxyl groups is 3. The Morgan fingerprint density at radius 1 is 0.800 bits per heavy atom. The molecule has 2 aliphatic rings. The lowest BCUT2D eigenvalue weighted by molar-refractivity contribution is -0.0594. The fourth-order valence-electron chi connectivity index (χ4n) is 2.15. The number of hydrogen-bond donors (Lipinski definition) is 3. The highest BCUT2D eigenvalue weighted by molar-refractivity contribution is 5.02. The van der Waals surface area contributed by atoms with E-state index in [9.17, 15) is 5.11 Å². The molecule has 3 nitrogen and oxygen atoms in total. The molecule has 0 bridgehead atoms. The lowest BCUT2D eigenvalue weighted by Gasteiger charge is -2.37. The standard InChI is InChI=1S/C7H12O3/c8-5-2-4-3(5)1-6(9)7(4)10/h3-10H,1-2H2/t3-,4-,5+,6?,7?/m1/s1. The van der Waals surface area contributed by atoms with Crippen molar-refractivity contribution >= 4 is 0 Å². The second-order valence-corrected chi connectivity index (χ2v) is 3.42. The van der Waals surface area contributed by atoms with Crippen LogP contribution in [-0.2, 0) is 0 Å². The van der Waals surface area contributed by atoms with Crippen molar-refractivity contribution in [3.8, 4) is 0 Å². The Hall–Kier alpha value is -0.120. The van der Waals surface area contributed by atoms with Gasteiger partial charge in [0.25, 0.3) is 0 Å². The van der Waals surface area contributed by atoms with Crippen LogP contribution in [0.4, 0.5) is 0 Å². The van der Waals surface area contributed by atoms with Crippen molar-refractivity contribution in [2.24, 2.45) is 11.8 Å². The minimum atomic E-state index is -0.591. The summed E-state index contributed by atoms with van der Waals surface area (Å²) in [6.45, 7) is 0. The van der Waals surface area contributed by atoms with Gasteiger partial charge in [0.15, 0.2) is 0 Å². The van der Waals surface area contributed by atoms with Gasteiger partial charge in [-0.05, 0) is 24.7 Å². The van der Waals surface area contributed by atoms with Gasteiger partial charge in [-0.3, -0.25) is 0 Å². The lowest BCUT2D eigenvalue weighted by Crippen LogP contribution is -2.42. The van der Waals surface area contributed by atoms with Crippen LogP contribution in [0.2, 0.25) is 0 Å². The van der Waals surface area contributed by atoms with Gasteiger partial charge in [-0.2, -0.15) is 0 Å². The van der Waals surface area contributed by atoms with Gasteiger partial charge in [0, 0.05) is 0 Å². The zero-order valence-corrected chi connectivity index (χ0v) is 5.64. The molecular weight excluding hydrogens is 132 g/mol. The van der Waals surface area contributed by atoms with E-state index in [1.54, 1.807) is 0 Å². The van der Waals surface area contributed by atoms with Crippen LogP contribution in [0, 0.1) is 11.8 Å². The van der Waals surface area contributed by atoms with Gasteiger partial charge in [-0.25, -0.2) is 0 Å². The van der Waals surface area contributed by atoms with E-state index in [-0.39, 0.29) is 17.9 Å². The molecule has 0 radical (unpaired) electrons. The summed E-state index contributed by atoms with van der Waals surface area (Å²) < 4.78 is 0. The van der Waals surface area contributed by atoms with Gasteiger partial charge in [0.1, 0.15) is 0 Å². The summed E-state index contributed by atoms with van der Waals surface area (Å²) in [5, 5.41) is 27.5. The van der Waals surface area contributed by atoms with Crippen LogP contribution in [-0.4, -0.2) is 33.6 Å². The highest BCUT2D eigenvalue weighted by Gasteiger charge is 2.52. The number of fused-ring (bicyclic) bond motifs is 1. The van der Waals surface area contributed by atoms with Crippen molar-refractivity contribution < 1.29 is 15.3 Å². The number of hydrogen-bond acceptors (Lipinski definition) is 3. The van der Waals surface area contributed by atoms with Crippen molar-refractivity contribution in [1.82, 2.24) is 0 Å². The Balaban J connectivity index is 2.06. The van der Waals surface area contributed by atoms with Gasteiger partial charge >= 0.3 is 0 Å². The fourth-order valence-corrected chi connectivity index (χ4v) is 2.15. The smallest absolute Gasteiger partial charge is 0.0831 e. The Bertz CT molecular complexity index is 148. The zero-order chi connectivity index (χ0) is 7.30. The van der Waals surface area contributed by atoms with E-state index in [4.69, 9.17) is 10.2 Å². The first kappa shape index (κ1) is 6.58. The first-order valence-electron chi connectivity index (χ1n) is 3.74. The van der Waals surface area contributed by atoms with E-state index in [0.717, 1.165) is 0 Å². The molecule has 5 atom stereocenters. The van der Waals surface area contributed by atoms with Gasteiger partial charge in [-0.15, -0.1) is 0 Å². The predicted molar refractivity (Wildman–Crippen MR) is 34.2 cm³/mol. The lowest BCUT2D eigenvalue weighted by atomic mass is 9.73. The second kappa shape index (κ2) is 1.94. The Morgan fingerprint density at radius 3 is 1.80 bits per heavy atom. The van der Waals surface area contributed by atoms with Crippen molar-refractivity contribution in [1.29, 1.82) is 0 Å². The van der Waals surface area contributed by atoms with E-state index < -0.39 is 12.2 Å².